The highest BCUT2D eigenvalue weighted by Gasteiger charge is 2.32. The van der Waals surface area contributed by atoms with Crippen molar-refractivity contribution in [1.82, 2.24) is 10.1 Å². The average Bonchev–Trinajstić information content (AvgIpc) is 3.10. The van der Waals surface area contributed by atoms with E-state index >= 15 is 0 Å². The van der Waals surface area contributed by atoms with Crippen LogP contribution < -0.4 is 5.32 Å². The number of hydrogen-bond donors (Lipinski definition) is 1. The number of nitrogens with one attached hydrogen (secondary N) is 1. The van der Waals surface area contributed by atoms with Gasteiger partial charge in [-0.3, -0.25) is 0 Å². The summed E-state index contributed by atoms with van der Waals surface area (Å²) in [4.78, 5) is 14.3. The summed E-state index contributed by atoms with van der Waals surface area (Å²) >= 11 is 6.18. The third-order valence-corrected chi connectivity index (χ3v) is 4.18. The van der Waals surface area contributed by atoms with Crippen LogP contribution in [-0.2, 0) is 0 Å². The number of amides is 2. The van der Waals surface area contributed by atoms with Crippen LogP contribution in [0, 0.1) is 13.8 Å². The van der Waals surface area contributed by atoms with Crippen molar-refractivity contribution in [3.05, 3.63) is 46.3 Å². The van der Waals surface area contributed by atoms with Crippen molar-refractivity contribution in [3.63, 3.8) is 0 Å². The second-order valence-electron chi connectivity index (χ2n) is 5.63. The van der Waals surface area contributed by atoms with E-state index in [2.05, 4.69) is 10.5 Å². The molecule has 0 unspecified atom stereocenters. The van der Waals surface area contributed by atoms with Gasteiger partial charge in [-0.05, 0) is 44.4 Å². The summed E-state index contributed by atoms with van der Waals surface area (Å²) < 4.78 is 5.13. The average molecular weight is 320 g/mol. The molecule has 0 saturated carbocycles. The van der Waals surface area contributed by atoms with E-state index in [0.29, 0.717) is 17.3 Å². The third kappa shape index (κ3) is 2.95. The number of nitrogens with zero attached hydrogens (tertiary/aromatic N) is 2. The molecule has 2 heterocycles. The standard InChI is InChI=1S/C16H18ClN3O2/c1-10-5-6-13(12(17)8-10)18-16(21)20-7-3-4-15(20)14-9-11(2)22-19-14/h5-6,8-9,15H,3-4,7H2,1-2H3,(H,18,21)/t15-/m0/s1. The zero-order valence-electron chi connectivity index (χ0n) is 12.6. The highest BCUT2D eigenvalue weighted by molar-refractivity contribution is 6.33. The van der Waals surface area contributed by atoms with Crippen molar-refractivity contribution < 1.29 is 9.32 Å². The van der Waals surface area contributed by atoms with Crippen LogP contribution in [0.25, 0.3) is 0 Å². The van der Waals surface area contributed by atoms with E-state index in [4.69, 9.17) is 16.1 Å². The smallest absolute Gasteiger partial charge is 0.322 e. The fraction of sp³-hybridized carbons (Fsp3) is 0.375. The maximum Gasteiger partial charge on any atom is 0.322 e. The van der Waals surface area contributed by atoms with Crippen LogP contribution in [0.3, 0.4) is 0 Å². The molecule has 0 aliphatic carbocycles. The fourth-order valence-corrected chi connectivity index (χ4v) is 3.05. The molecule has 1 aromatic heterocycles. The number of anilines is 1. The molecule has 1 fully saturated rings. The van der Waals surface area contributed by atoms with Crippen molar-refractivity contribution in [2.75, 3.05) is 11.9 Å². The van der Waals surface area contributed by atoms with Gasteiger partial charge in [0, 0.05) is 12.6 Å². The largest absolute Gasteiger partial charge is 0.361 e. The van der Waals surface area contributed by atoms with Gasteiger partial charge in [0.05, 0.1) is 16.8 Å². The summed E-state index contributed by atoms with van der Waals surface area (Å²) in [7, 11) is 0. The van der Waals surface area contributed by atoms with Crippen LogP contribution >= 0.6 is 11.6 Å². The molecule has 116 valence electrons. The summed E-state index contributed by atoms with van der Waals surface area (Å²) in [5.74, 6) is 0.754. The monoisotopic (exact) mass is 319 g/mol. The van der Waals surface area contributed by atoms with Crippen LogP contribution in [-0.4, -0.2) is 22.6 Å². The first-order valence-corrected chi connectivity index (χ1v) is 7.69. The Morgan fingerprint density at radius 2 is 2.23 bits per heavy atom. The normalized spacial score (nSPS) is 17.8. The molecule has 5 nitrogen and oxygen atoms in total. The van der Waals surface area contributed by atoms with Gasteiger partial charge in [0.1, 0.15) is 11.5 Å². The van der Waals surface area contributed by atoms with E-state index < -0.39 is 0 Å². The van der Waals surface area contributed by atoms with Crippen LogP contribution in [0.5, 0.6) is 0 Å². The molecule has 22 heavy (non-hydrogen) atoms. The minimum atomic E-state index is -0.158. The van der Waals surface area contributed by atoms with Crippen LogP contribution in [0.4, 0.5) is 10.5 Å². The molecule has 1 aromatic carbocycles. The van der Waals surface area contributed by atoms with E-state index in [1.54, 1.807) is 4.90 Å². The molecule has 1 aliphatic heterocycles. The van der Waals surface area contributed by atoms with Crippen LogP contribution in [0.2, 0.25) is 5.02 Å². The number of likely N-dealkylation sites (tertiary alicyclic amines) is 1. The quantitative estimate of drug-likeness (QED) is 0.897. The lowest BCUT2D eigenvalue weighted by Crippen LogP contribution is -2.34. The molecule has 3 rings (SSSR count). The Bertz CT molecular complexity index is 698. The Morgan fingerprint density at radius 1 is 1.41 bits per heavy atom. The lowest BCUT2D eigenvalue weighted by Gasteiger charge is -2.23. The molecule has 2 aromatic rings. The second-order valence-corrected chi connectivity index (χ2v) is 6.03. The van der Waals surface area contributed by atoms with E-state index in [9.17, 15) is 4.79 Å². The number of benzene rings is 1. The summed E-state index contributed by atoms with van der Waals surface area (Å²) in [5, 5.41) is 7.47. The summed E-state index contributed by atoms with van der Waals surface area (Å²) in [6, 6.07) is 7.26. The summed E-state index contributed by atoms with van der Waals surface area (Å²) in [5.41, 5.74) is 2.49. The number of carbonyl (C=O) groups is 1. The number of halogens is 1. The Kier molecular flexibility index (Phi) is 4.07. The first-order valence-electron chi connectivity index (χ1n) is 7.31. The number of hydrogen-bond acceptors (Lipinski definition) is 3. The fourth-order valence-electron chi connectivity index (χ4n) is 2.77. The molecule has 2 amide bonds. The van der Waals surface area contributed by atoms with Crippen molar-refractivity contribution in [3.8, 4) is 0 Å². The predicted octanol–water partition coefficient (Wildman–Crippen LogP) is 4.31. The Labute approximate surface area is 134 Å². The molecule has 0 radical (unpaired) electrons. The minimum absolute atomic E-state index is 0.0401. The summed E-state index contributed by atoms with van der Waals surface area (Å²) in [6.45, 7) is 4.51. The van der Waals surface area contributed by atoms with E-state index in [1.165, 1.54) is 0 Å². The van der Waals surface area contributed by atoms with Crippen LogP contribution in [0.15, 0.2) is 28.8 Å². The molecular formula is C16H18ClN3O2. The highest BCUT2D eigenvalue weighted by atomic mass is 35.5. The Hall–Kier alpha value is -2.01. The van der Waals surface area contributed by atoms with Gasteiger partial charge >= 0.3 is 6.03 Å². The Balaban J connectivity index is 1.76. The maximum absolute atomic E-state index is 12.5. The summed E-state index contributed by atoms with van der Waals surface area (Å²) in [6.07, 6.45) is 1.84. The van der Waals surface area contributed by atoms with Gasteiger partial charge in [0.15, 0.2) is 0 Å². The number of carbonyl (C=O) groups excluding carboxylic acids is 1. The van der Waals surface area contributed by atoms with E-state index in [0.717, 1.165) is 29.9 Å². The molecule has 0 spiro atoms. The van der Waals surface area contributed by atoms with Crippen LogP contribution in [0.1, 0.15) is 35.9 Å². The molecule has 1 N–H and O–H groups in total. The molecule has 1 aliphatic rings. The number of rotatable bonds is 2. The van der Waals surface area contributed by atoms with E-state index in [-0.39, 0.29) is 12.1 Å². The van der Waals surface area contributed by atoms with Gasteiger partial charge in [-0.1, -0.05) is 22.8 Å². The van der Waals surface area contributed by atoms with Gasteiger partial charge in [0.25, 0.3) is 0 Å². The predicted molar refractivity (Wildman–Crippen MR) is 85.1 cm³/mol. The van der Waals surface area contributed by atoms with Crippen molar-refractivity contribution in [2.45, 2.75) is 32.7 Å². The van der Waals surface area contributed by atoms with Crippen molar-refractivity contribution in [2.24, 2.45) is 0 Å². The van der Waals surface area contributed by atoms with E-state index in [1.807, 2.05) is 38.1 Å². The van der Waals surface area contributed by atoms with Gasteiger partial charge in [-0.2, -0.15) is 0 Å². The molecule has 6 heteroatoms. The van der Waals surface area contributed by atoms with Gasteiger partial charge in [-0.15, -0.1) is 0 Å². The van der Waals surface area contributed by atoms with Crippen molar-refractivity contribution in [1.29, 1.82) is 0 Å². The SMILES string of the molecule is Cc1ccc(NC(=O)N2CCC[C@H]2c2cc(C)on2)c(Cl)c1. The number of aryl methyl sites for hydroxylation is 2. The lowest BCUT2D eigenvalue weighted by molar-refractivity contribution is 0.204. The lowest BCUT2D eigenvalue weighted by atomic mass is 10.1. The topological polar surface area (TPSA) is 58.4 Å². The molecule has 1 saturated heterocycles. The molecule has 1 atom stereocenters. The second kappa shape index (κ2) is 6.01. The minimum Gasteiger partial charge on any atom is -0.361 e. The maximum atomic E-state index is 12.5. The van der Waals surface area contributed by atoms with Gasteiger partial charge in [0.2, 0.25) is 0 Å². The van der Waals surface area contributed by atoms with Gasteiger partial charge in [-0.25, -0.2) is 4.79 Å². The zero-order chi connectivity index (χ0) is 15.7. The van der Waals surface area contributed by atoms with Gasteiger partial charge < -0.3 is 14.7 Å². The third-order valence-electron chi connectivity index (χ3n) is 3.87. The first-order chi connectivity index (χ1) is 10.5. The Morgan fingerprint density at radius 3 is 2.91 bits per heavy atom. The van der Waals surface area contributed by atoms with Crippen molar-refractivity contribution >= 4 is 23.3 Å². The molecule has 0 bridgehead atoms. The number of aromatic nitrogens is 1. The number of urea groups is 1. The first kappa shape index (κ1) is 14.9. The molecular weight excluding hydrogens is 302 g/mol. The zero-order valence-corrected chi connectivity index (χ0v) is 13.4. The highest BCUT2D eigenvalue weighted by Crippen LogP contribution is 2.32.